The highest BCUT2D eigenvalue weighted by molar-refractivity contribution is 6.30. The van der Waals surface area contributed by atoms with Crippen LogP contribution in [0.5, 0.6) is 0 Å². The molecule has 212 valence electrons. The minimum Gasteiger partial charge on any atom is -0.477 e. The van der Waals surface area contributed by atoms with Gasteiger partial charge in [-0.15, -0.1) is 0 Å². The zero-order valence-electron chi connectivity index (χ0n) is 22.4. The van der Waals surface area contributed by atoms with Gasteiger partial charge in [0.05, 0.1) is 5.02 Å². The lowest BCUT2D eigenvalue weighted by Gasteiger charge is -2.30. The van der Waals surface area contributed by atoms with Gasteiger partial charge >= 0.3 is 5.97 Å². The molecule has 1 fully saturated rings. The van der Waals surface area contributed by atoms with Crippen molar-refractivity contribution in [3.05, 3.63) is 46.9 Å². The standard InChI is InChI=1S/C27H31ClN6O6/c1-33(2)12-13-34(3)26(37)16-6-4-15(5-7-16)24(35)32-22-21-19(10-9-18(30-21)27(38)39)40-23(22)25(36)31-20-11-8-17(28)14-29-20/h8-11,14-16H,4-7,12-13H2,1-3H3,(H,32,35)(H,38,39)(H,29,31,36)/t15-,16-. The van der Waals surface area contributed by atoms with Gasteiger partial charge in [0.15, 0.2) is 5.58 Å². The largest absolute Gasteiger partial charge is 0.477 e. The Bertz CT molecular complexity index is 1410. The number of carboxylic acids is 1. The molecule has 0 atom stereocenters. The second-order valence-corrected chi connectivity index (χ2v) is 10.5. The number of nitrogens with one attached hydrogen (secondary N) is 2. The summed E-state index contributed by atoms with van der Waals surface area (Å²) in [5, 5.41) is 15.1. The number of furan rings is 1. The summed E-state index contributed by atoms with van der Waals surface area (Å²) in [4.78, 5) is 62.7. The fourth-order valence-electron chi connectivity index (χ4n) is 4.59. The number of carboxylic acid groups (broad SMARTS) is 1. The summed E-state index contributed by atoms with van der Waals surface area (Å²) in [5.74, 6) is -2.88. The maximum absolute atomic E-state index is 13.3. The molecule has 0 unspecified atom stereocenters. The first-order chi connectivity index (χ1) is 19.0. The molecule has 3 N–H and O–H groups in total. The van der Waals surface area contributed by atoms with E-state index < -0.39 is 17.8 Å². The van der Waals surface area contributed by atoms with Crippen LogP contribution in [0.3, 0.4) is 0 Å². The zero-order valence-corrected chi connectivity index (χ0v) is 23.2. The number of anilines is 2. The topological polar surface area (TPSA) is 158 Å². The number of carbonyl (C=O) groups is 4. The number of aromatic nitrogens is 2. The molecule has 4 rings (SSSR count). The number of nitrogens with zero attached hydrogens (tertiary/aromatic N) is 4. The predicted octanol–water partition coefficient (Wildman–Crippen LogP) is 3.59. The Morgan fingerprint density at radius 1 is 1.00 bits per heavy atom. The quantitative estimate of drug-likeness (QED) is 0.349. The molecule has 0 aliphatic heterocycles. The third kappa shape index (κ3) is 6.75. The van der Waals surface area contributed by atoms with Crippen molar-refractivity contribution in [3.8, 4) is 0 Å². The fourth-order valence-corrected chi connectivity index (χ4v) is 4.71. The summed E-state index contributed by atoms with van der Waals surface area (Å²) in [6.45, 7) is 1.39. The Kier molecular flexibility index (Phi) is 9.00. The summed E-state index contributed by atoms with van der Waals surface area (Å²) in [6, 6.07) is 5.67. The van der Waals surface area contributed by atoms with E-state index >= 15 is 0 Å². The third-order valence-electron chi connectivity index (χ3n) is 6.88. The van der Waals surface area contributed by atoms with Gasteiger partial charge in [-0.2, -0.15) is 0 Å². The van der Waals surface area contributed by atoms with E-state index in [2.05, 4.69) is 20.6 Å². The Morgan fingerprint density at radius 2 is 1.70 bits per heavy atom. The van der Waals surface area contributed by atoms with E-state index in [0.29, 0.717) is 37.3 Å². The third-order valence-corrected chi connectivity index (χ3v) is 7.11. The summed E-state index contributed by atoms with van der Waals surface area (Å²) < 4.78 is 5.70. The lowest BCUT2D eigenvalue weighted by atomic mass is 9.81. The number of carbonyl (C=O) groups excluding carboxylic acids is 3. The molecule has 3 amide bonds. The minimum atomic E-state index is -1.27. The van der Waals surface area contributed by atoms with Gasteiger partial charge in [-0.05, 0) is 64.0 Å². The molecule has 13 heteroatoms. The Labute approximate surface area is 235 Å². The number of hydrogen-bond donors (Lipinski definition) is 3. The van der Waals surface area contributed by atoms with Crippen LogP contribution in [0.25, 0.3) is 11.1 Å². The molecule has 3 aromatic rings. The van der Waals surface area contributed by atoms with Crippen LogP contribution in [-0.2, 0) is 9.59 Å². The van der Waals surface area contributed by atoms with Crippen LogP contribution in [0.15, 0.2) is 34.9 Å². The summed E-state index contributed by atoms with van der Waals surface area (Å²) in [5.41, 5.74) is -0.137. The van der Waals surface area contributed by atoms with Crippen molar-refractivity contribution in [2.45, 2.75) is 25.7 Å². The highest BCUT2D eigenvalue weighted by Crippen LogP contribution is 2.34. The molecule has 0 aromatic carbocycles. The first-order valence-corrected chi connectivity index (χ1v) is 13.2. The van der Waals surface area contributed by atoms with Crippen molar-refractivity contribution < 1.29 is 28.7 Å². The van der Waals surface area contributed by atoms with E-state index in [4.69, 9.17) is 16.0 Å². The monoisotopic (exact) mass is 570 g/mol. The SMILES string of the molecule is CN(C)CCN(C)C(=O)[C@H]1CC[C@H](C(=O)Nc2c(C(=O)Nc3ccc(Cl)cn3)oc3ccc(C(=O)O)nc23)CC1. The van der Waals surface area contributed by atoms with E-state index in [1.165, 1.54) is 24.4 Å². The van der Waals surface area contributed by atoms with Gasteiger partial charge in [0, 0.05) is 38.2 Å². The highest BCUT2D eigenvalue weighted by atomic mass is 35.5. The van der Waals surface area contributed by atoms with Gasteiger partial charge in [-0.1, -0.05) is 11.6 Å². The van der Waals surface area contributed by atoms with Gasteiger partial charge in [0.2, 0.25) is 17.6 Å². The van der Waals surface area contributed by atoms with Crippen molar-refractivity contribution in [2.24, 2.45) is 11.8 Å². The highest BCUT2D eigenvalue weighted by Gasteiger charge is 2.33. The molecule has 1 saturated carbocycles. The van der Waals surface area contributed by atoms with Crippen molar-refractivity contribution in [3.63, 3.8) is 0 Å². The number of amides is 3. The Balaban J connectivity index is 1.51. The van der Waals surface area contributed by atoms with Crippen LogP contribution in [0.1, 0.15) is 46.7 Å². The lowest BCUT2D eigenvalue weighted by molar-refractivity contribution is -0.136. The zero-order chi connectivity index (χ0) is 29.0. The van der Waals surface area contributed by atoms with Crippen LogP contribution < -0.4 is 10.6 Å². The molecule has 0 spiro atoms. The molecule has 0 bridgehead atoms. The summed E-state index contributed by atoms with van der Waals surface area (Å²) in [7, 11) is 5.69. The van der Waals surface area contributed by atoms with E-state index in [0.717, 1.165) is 6.54 Å². The number of rotatable bonds is 9. The van der Waals surface area contributed by atoms with Crippen molar-refractivity contribution in [2.75, 3.05) is 44.9 Å². The Hall–Kier alpha value is -4.03. The first-order valence-electron chi connectivity index (χ1n) is 12.8. The lowest BCUT2D eigenvalue weighted by Crippen LogP contribution is -2.39. The van der Waals surface area contributed by atoms with Crippen molar-refractivity contribution in [1.82, 2.24) is 19.8 Å². The summed E-state index contributed by atoms with van der Waals surface area (Å²) >= 11 is 5.86. The van der Waals surface area contributed by atoms with E-state index in [1.54, 1.807) is 18.0 Å². The molecule has 40 heavy (non-hydrogen) atoms. The first kappa shape index (κ1) is 29.0. The van der Waals surface area contributed by atoms with Crippen LogP contribution in [0.2, 0.25) is 5.02 Å². The summed E-state index contributed by atoms with van der Waals surface area (Å²) in [6.07, 6.45) is 3.46. The fraction of sp³-hybridized carbons (Fsp3) is 0.407. The average molecular weight is 571 g/mol. The predicted molar refractivity (Wildman–Crippen MR) is 148 cm³/mol. The van der Waals surface area contributed by atoms with Crippen LogP contribution in [0.4, 0.5) is 11.5 Å². The molecule has 3 aromatic heterocycles. The number of hydrogen-bond acceptors (Lipinski definition) is 8. The van der Waals surface area contributed by atoms with E-state index in [1.807, 2.05) is 19.0 Å². The number of pyridine rings is 2. The van der Waals surface area contributed by atoms with Crippen LogP contribution in [-0.4, -0.2) is 82.8 Å². The molecule has 1 aliphatic carbocycles. The second-order valence-electron chi connectivity index (χ2n) is 10.1. The molecular weight excluding hydrogens is 540 g/mol. The Morgan fingerprint density at radius 3 is 2.33 bits per heavy atom. The van der Waals surface area contributed by atoms with E-state index in [9.17, 15) is 24.3 Å². The van der Waals surface area contributed by atoms with Gasteiger partial charge in [0.25, 0.3) is 5.91 Å². The van der Waals surface area contributed by atoms with Crippen molar-refractivity contribution in [1.29, 1.82) is 0 Å². The smallest absolute Gasteiger partial charge is 0.354 e. The average Bonchev–Trinajstić information content (AvgIpc) is 3.30. The number of aromatic carboxylic acids is 1. The molecule has 0 radical (unpaired) electrons. The van der Waals surface area contributed by atoms with Gasteiger partial charge in [0.1, 0.15) is 22.7 Å². The number of likely N-dealkylation sites (N-methyl/N-ethyl adjacent to an activating group) is 2. The molecular formula is C27H31ClN6O6. The number of halogens is 1. The normalized spacial score (nSPS) is 17.0. The molecule has 1 aliphatic rings. The maximum atomic E-state index is 13.3. The van der Waals surface area contributed by atoms with E-state index in [-0.39, 0.29) is 51.8 Å². The van der Waals surface area contributed by atoms with Crippen LogP contribution in [0, 0.1) is 11.8 Å². The molecule has 3 heterocycles. The van der Waals surface area contributed by atoms with Gasteiger partial charge < -0.3 is 30.0 Å². The van der Waals surface area contributed by atoms with Gasteiger partial charge in [-0.25, -0.2) is 14.8 Å². The second kappa shape index (κ2) is 12.4. The van der Waals surface area contributed by atoms with Gasteiger partial charge in [-0.3, -0.25) is 14.4 Å². The molecule has 0 saturated heterocycles. The molecule has 12 nitrogen and oxygen atoms in total. The van der Waals surface area contributed by atoms with Crippen molar-refractivity contribution >= 4 is 57.9 Å². The number of fused-ring (bicyclic) bond motifs is 1. The minimum absolute atomic E-state index is 0.0313. The van der Waals surface area contributed by atoms with Crippen LogP contribution >= 0.6 is 11.6 Å². The maximum Gasteiger partial charge on any atom is 0.354 e.